The van der Waals surface area contributed by atoms with Gasteiger partial charge in [0.15, 0.2) is 0 Å². The summed E-state index contributed by atoms with van der Waals surface area (Å²) >= 11 is 0. The Morgan fingerprint density at radius 3 is 2.62 bits per heavy atom. The standard InChI is InChI=1S/C16H19NO4/c1-3-21-16(18)13-10-9-11(2)15(17(19)20)14(13)12-7-5-4-6-8-12/h4-8,10-11,14-15H,3,9H2,1-2H3/t11-,14-,15+/m1/s1. The fourth-order valence-corrected chi connectivity index (χ4v) is 2.88. The number of esters is 1. The molecule has 21 heavy (non-hydrogen) atoms. The second-order valence-electron chi connectivity index (χ2n) is 5.26. The molecular formula is C16H19NO4. The summed E-state index contributed by atoms with van der Waals surface area (Å²) in [6.07, 6.45) is 2.31. The van der Waals surface area contributed by atoms with E-state index in [2.05, 4.69) is 0 Å². The summed E-state index contributed by atoms with van der Waals surface area (Å²) < 4.78 is 5.07. The molecule has 5 heteroatoms. The van der Waals surface area contributed by atoms with Gasteiger partial charge in [0.25, 0.3) is 0 Å². The van der Waals surface area contributed by atoms with Crippen LogP contribution in [0.15, 0.2) is 42.0 Å². The van der Waals surface area contributed by atoms with Crippen LogP contribution in [0.25, 0.3) is 0 Å². The van der Waals surface area contributed by atoms with Gasteiger partial charge in [-0.1, -0.05) is 43.3 Å². The molecule has 0 bridgehead atoms. The van der Waals surface area contributed by atoms with Crippen molar-refractivity contribution in [3.63, 3.8) is 0 Å². The van der Waals surface area contributed by atoms with Crippen molar-refractivity contribution in [1.82, 2.24) is 0 Å². The molecule has 2 rings (SSSR count). The number of carbonyl (C=O) groups is 1. The van der Waals surface area contributed by atoms with E-state index in [-0.39, 0.29) is 17.4 Å². The molecule has 0 saturated heterocycles. The Labute approximate surface area is 123 Å². The summed E-state index contributed by atoms with van der Waals surface area (Å²) in [5.74, 6) is -1.13. The average molecular weight is 289 g/mol. The highest BCUT2D eigenvalue weighted by Gasteiger charge is 2.44. The third kappa shape index (κ3) is 3.12. The molecule has 3 atom stereocenters. The molecule has 0 heterocycles. The van der Waals surface area contributed by atoms with Crippen LogP contribution < -0.4 is 0 Å². The minimum atomic E-state index is -0.809. The maximum absolute atomic E-state index is 12.1. The highest BCUT2D eigenvalue weighted by atomic mass is 16.6. The topological polar surface area (TPSA) is 69.4 Å². The van der Waals surface area contributed by atoms with E-state index in [9.17, 15) is 14.9 Å². The Hall–Kier alpha value is -2.17. The lowest BCUT2D eigenvalue weighted by Gasteiger charge is -2.30. The summed E-state index contributed by atoms with van der Waals surface area (Å²) in [6.45, 7) is 3.84. The van der Waals surface area contributed by atoms with E-state index in [1.807, 2.05) is 37.3 Å². The summed E-state index contributed by atoms with van der Waals surface area (Å²) in [5.41, 5.74) is 1.19. The first-order chi connectivity index (χ1) is 10.1. The zero-order chi connectivity index (χ0) is 15.4. The van der Waals surface area contributed by atoms with Gasteiger partial charge in [-0.25, -0.2) is 4.79 Å². The molecule has 1 aromatic carbocycles. The van der Waals surface area contributed by atoms with Crippen LogP contribution in [0.5, 0.6) is 0 Å². The molecule has 0 aromatic heterocycles. The van der Waals surface area contributed by atoms with Crippen molar-refractivity contribution < 1.29 is 14.5 Å². The molecular weight excluding hydrogens is 270 g/mol. The molecule has 0 unspecified atom stereocenters. The Balaban J connectivity index is 2.47. The fraction of sp³-hybridized carbons (Fsp3) is 0.438. The first-order valence-corrected chi connectivity index (χ1v) is 7.11. The van der Waals surface area contributed by atoms with Gasteiger partial charge in [-0.3, -0.25) is 10.1 Å². The highest BCUT2D eigenvalue weighted by Crippen LogP contribution is 2.39. The van der Waals surface area contributed by atoms with Crippen molar-refractivity contribution in [2.75, 3.05) is 6.61 Å². The maximum atomic E-state index is 12.1. The number of hydrogen-bond donors (Lipinski definition) is 0. The van der Waals surface area contributed by atoms with Crippen LogP contribution in [0.3, 0.4) is 0 Å². The van der Waals surface area contributed by atoms with E-state index in [4.69, 9.17) is 4.74 Å². The number of carbonyl (C=O) groups excluding carboxylic acids is 1. The zero-order valence-corrected chi connectivity index (χ0v) is 12.2. The van der Waals surface area contributed by atoms with Gasteiger partial charge in [0.1, 0.15) is 0 Å². The fourth-order valence-electron chi connectivity index (χ4n) is 2.88. The van der Waals surface area contributed by atoms with Crippen LogP contribution in [0.4, 0.5) is 0 Å². The number of nitrogens with zero attached hydrogens (tertiary/aromatic N) is 1. The lowest BCUT2D eigenvalue weighted by atomic mass is 9.74. The van der Waals surface area contributed by atoms with Gasteiger partial charge in [-0.2, -0.15) is 0 Å². The molecule has 1 aliphatic carbocycles. The van der Waals surface area contributed by atoms with Crippen LogP contribution >= 0.6 is 0 Å². The van der Waals surface area contributed by atoms with Crippen LogP contribution in [0.2, 0.25) is 0 Å². The quantitative estimate of drug-likeness (QED) is 0.485. The van der Waals surface area contributed by atoms with Gasteiger partial charge in [0, 0.05) is 16.4 Å². The lowest BCUT2D eigenvalue weighted by molar-refractivity contribution is -0.534. The number of ether oxygens (including phenoxy) is 1. The third-order valence-corrected chi connectivity index (χ3v) is 3.88. The lowest BCUT2D eigenvalue weighted by Crippen LogP contribution is -2.39. The van der Waals surface area contributed by atoms with Crippen LogP contribution in [-0.4, -0.2) is 23.5 Å². The van der Waals surface area contributed by atoms with Gasteiger partial charge in [-0.05, 0) is 18.9 Å². The van der Waals surface area contributed by atoms with Crippen LogP contribution in [0.1, 0.15) is 31.7 Å². The van der Waals surface area contributed by atoms with Gasteiger partial charge in [0.2, 0.25) is 6.04 Å². The number of benzene rings is 1. The van der Waals surface area contributed by atoms with E-state index in [0.29, 0.717) is 12.0 Å². The average Bonchev–Trinajstić information content (AvgIpc) is 2.47. The molecule has 1 aliphatic rings. The van der Waals surface area contributed by atoms with Gasteiger partial charge >= 0.3 is 5.97 Å². The number of rotatable bonds is 4. The molecule has 112 valence electrons. The highest BCUT2D eigenvalue weighted by molar-refractivity contribution is 5.90. The van der Waals surface area contributed by atoms with Gasteiger partial charge in [-0.15, -0.1) is 0 Å². The molecule has 0 saturated carbocycles. The second-order valence-corrected chi connectivity index (χ2v) is 5.26. The van der Waals surface area contributed by atoms with Crippen molar-refractivity contribution in [3.8, 4) is 0 Å². The minimum absolute atomic E-state index is 0.122. The second kappa shape index (κ2) is 6.52. The van der Waals surface area contributed by atoms with Crippen LogP contribution in [-0.2, 0) is 9.53 Å². The monoisotopic (exact) mass is 289 g/mol. The summed E-state index contributed by atoms with van der Waals surface area (Å²) in [6, 6.07) is 8.35. The molecule has 0 aliphatic heterocycles. The molecule has 0 spiro atoms. The van der Waals surface area contributed by atoms with E-state index in [1.54, 1.807) is 13.0 Å². The molecule has 0 amide bonds. The molecule has 5 nitrogen and oxygen atoms in total. The van der Waals surface area contributed by atoms with Gasteiger partial charge < -0.3 is 4.74 Å². The number of hydrogen-bond acceptors (Lipinski definition) is 4. The predicted octanol–water partition coefficient (Wildman–Crippen LogP) is 2.94. The Bertz CT molecular complexity index is 553. The number of allylic oxidation sites excluding steroid dienone is 1. The van der Waals surface area contributed by atoms with E-state index < -0.39 is 17.9 Å². The third-order valence-electron chi connectivity index (χ3n) is 3.88. The first kappa shape index (κ1) is 15.2. The first-order valence-electron chi connectivity index (χ1n) is 7.11. The van der Waals surface area contributed by atoms with Crippen molar-refractivity contribution in [2.24, 2.45) is 5.92 Å². The van der Waals surface area contributed by atoms with Crippen molar-refractivity contribution in [2.45, 2.75) is 32.2 Å². The summed E-state index contributed by atoms with van der Waals surface area (Å²) in [4.78, 5) is 23.4. The SMILES string of the molecule is CCOC(=O)C1=CC[C@@H](C)[C@H]([N+](=O)[O-])[C@@H]1c1ccccc1. The van der Waals surface area contributed by atoms with E-state index in [0.717, 1.165) is 5.56 Å². The Morgan fingerprint density at radius 1 is 1.38 bits per heavy atom. The molecule has 1 aromatic rings. The van der Waals surface area contributed by atoms with Crippen LogP contribution in [0, 0.1) is 16.0 Å². The number of nitro groups is 1. The molecule has 0 radical (unpaired) electrons. The van der Waals surface area contributed by atoms with Gasteiger partial charge in [0.05, 0.1) is 12.5 Å². The maximum Gasteiger partial charge on any atom is 0.334 e. The largest absolute Gasteiger partial charge is 0.463 e. The van der Waals surface area contributed by atoms with Crippen molar-refractivity contribution >= 4 is 5.97 Å². The van der Waals surface area contributed by atoms with Crippen molar-refractivity contribution in [3.05, 3.63) is 57.7 Å². The smallest absolute Gasteiger partial charge is 0.334 e. The van der Waals surface area contributed by atoms with E-state index >= 15 is 0 Å². The summed E-state index contributed by atoms with van der Waals surface area (Å²) in [5, 5.41) is 11.5. The van der Waals surface area contributed by atoms with E-state index in [1.165, 1.54) is 0 Å². The minimum Gasteiger partial charge on any atom is -0.463 e. The zero-order valence-electron chi connectivity index (χ0n) is 12.2. The summed E-state index contributed by atoms with van der Waals surface area (Å²) in [7, 11) is 0. The predicted molar refractivity (Wildman–Crippen MR) is 78.5 cm³/mol. The molecule has 0 fully saturated rings. The normalized spacial score (nSPS) is 25.0. The Morgan fingerprint density at radius 2 is 2.05 bits per heavy atom. The Kier molecular flexibility index (Phi) is 4.73. The van der Waals surface area contributed by atoms with Crippen molar-refractivity contribution in [1.29, 1.82) is 0 Å². The molecule has 0 N–H and O–H groups in total.